The molecule has 0 bridgehead atoms. The van der Waals surface area contributed by atoms with Crippen LogP contribution >= 0.6 is 12.2 Å². The van der Waals surface area contributed by atoms with Crippen molar-refractivity contribution in [3.05, 3.63) is 28.3 Å². The maximum Gasteiger partial charge on any atom is 0.216 e. The van der Waals surface area contributed by atoms with E-state index in [1.807, 2.05) is 0 Å². The van der Waals surface area contributed by atoms with Crippen LogP contribution in [-0.2, 0) is 0 Å². The average Bonchev–Trinajstić information content (AvgIpc) is 3.36. The molecule has 1 heterocycles. The van der Waals surface area contributed by atoms with Gasteiger partial charge in [-0.1, -0.05) is 0 Å². The van der Waals surface area contributed by atoms with Gasteiger partial charge in [0.2, 0.25) is 4.77 Å². The van der Waals surface area contributed by atoms with Crippen molar-refractivity contribution in [2.24, 2.45) is 5.10 Å². The molecular formula is C15H18N4O3S. The molecule has 122 valence electrons. The standard InChI is InChI=1S/C15H18N4O3S/c1-20-10-6-12(21-2)11(13(7-10)22-3)8-16-19-14(9-4-5-9)17-18-15(19)23/h6-9H,4-5H2,1-3H3,(H,18,23). The van der Waals surface area contributed by atoms with Gasteiger partial charge in [-0.15, -0.1) is 0 Å². The minimum absolute atomic E-state index is 0.430. The summed E-state index contributed by atoms with van der Waals surface area (Å²) in [5, 5.41) is 11.5. The topological polar surface area (TPSA) is 73.7 Å². The summed E-state index contributed by atoms with van der Waals surface area (Å²) in [7, 11) is 4.77. The molecule has 1 aromatic heterocycles. The Kier molecular flexibility index (Phi) is 4.33. The van der Waals surface area contributed by atoms with Crippen molar-refractivity contribution in [1.82, 2.24) is 14.9 Å². The maximum atomic E-state index is 5.41. The summed E-state index contributed by atoms with van der Waals surface area (Å²) in [6, 6.07) is 3.56. The molecule has 1 aliphatic carbocycles. The van der Waals surface area contributed by atoms with Gasteiger partial charge in [0.1, 0.15) is 17.2 Å². The number of ether oxygens (including phenoxy) is 3. The summed E-state index contributed by atoms with van der Waals surface area (Å²) in [5.41, 5.74) is 0.709. The summed E-state index contributed by atoms with van der Waals surface area (Å²) in [4.78, 5) is 0. The average molecular weight is 334 g/mol. The number of rotatable bonds is 6. The molecule has 3 rings (SSSR count). The van der Waals surface area contributed by atoms with Gasteiger partial charge in [-0.2, -0.15) is 14.9 Å². The van der Waals surface area contributed by atoms with E-state index in [4.69, 9.17) is 26.4 Å². The van der Waals surface area contributed by atoms with Gasteiger partial charge < -0.3 is 14.2 Å². The normalized spacial score (nSPS) is 14.2. The fraction of sp³-hybridized carbons (Fsp3) is 0.400. The molecule has 0 amide bonds. The molecular weight excluding hydrogens is 316 g/mol. The molecule has 1 N–H and O–H groups in total. The van der Waals surface area contributed by atoms with Crippen molar-refractivity contribution in [2.75, 3.05) is 21.3 Å². The Bertz CT molecular complexity index is 767. The quantitative estimate of drug-likeness (QED) is 0.649. The molecule has 0 saturated heterocycles. The van der Waals surface area contributed by atoms with E-state index in [1.54, 1.807) is 44.4 Å². The second kappa shape index (κ2) is 6.41. The van der Waals surface area contributed by atoms with Gasteiger partial charge in [0.15, 0.2) is 5.82 Å². The van der Waals surface area contributed by atoms with Gasteiger partial charge >= 0.3 is 0 Å². The van der Waals surface area contributed by atoms with Gasteiger partial charge in [-0.05, 0) is 25.1 Å². The Morgan fingerprint density at radius 1 is 1.22 bits per heavy atom. The Morgan fingerprint density at radius 2 is 1.87 bits per heavy atom. The summed E-state index contributed by atoms with van der Waals surface area (Å²) in [5.74, 6) is 3.15. The van der Waals surface area contributed by atoms with Crippen LogP contribution in [0.5, 0.6) is 17.2 Å². The minimum Gasteiger partial charge on any atom is -0.496 e. The Labute approximate surface area is 138 Å². The number of hydrogen-bond acceptors (Lipinski definition) is 6. The fourth-order valence-corrected chi connectivity index (χ4v) is 2.48. The number of benzene rings is 1. The van der Waals surface area contributed by atoms with Crippen LogP contribution < -0.4 is 14.2 Å². The van der Waals surface area contributed by atoms with Crippen LogP contribution in [-0.4, -0.2) is 42.4 Å². The van der Waals surface area contributed by atoms with Crippen molar-refractivity contribution in [3.8, 4) is 17.2 Å². The lowest BCUT2D eigenvalue weighted by atomic mass is 10.2. The van der Waals surface area contributed by atoms with E-state index in [1.165, 1.54) is 0 Å². The van der Waals surface area contributed by atoms with Crippen LogP contribution in [0, 0.1) is 4.77 Å². The van der Waals surface area contributed by atoms with Gasteiger partial charge in [-0.25, -0.2) is 0 Å². The first kappa shape index (κ1) is 15.5. The SMILES string of the molecule is COc1cc(OC)c(C=Nn2c(C3CC3)n[nH]c2=S)c(OC)c1. The number of aromatic nitrogens is 3. The van der Waals surface area contributed by atoms with Gasteiger partial charge in [0.25, 0.3) is 0 Å². The number of hydrogen-bond donors (Lipinski definition) is 1. The summed E-state index contributed by atoms with van der Waals surface area (Å²) >= 11 is 5.25. The highest BCUT2D eigenvalue weighted by molar-refractivity contribution is 7.71. The van der Waals surface area contributed by atoms with Crippen molar-refractivity contribution >= 4 is 18.4 Å². The fourth-order valence-electron chi connectivity index (χ4n) is 2.30. The zero-order valence-corrected chi connectivity index (χ0v) is 14.0. The van der Waals surface area contributed by atoms with E-state index in [9.17, 15) is 0 Å². The maximum absolute atomic E-state index is 5.41. The number of methoxy groups -OCH3 is 3. The third-order valence-corrected chi connectivity index (χ3v) is 3.94. The number of nitrogens with one attached hydrogen (secondary N) is 1. The molecule has 8 heteroatoms. The Hall–Kier alpha value is -2.35. The number of nitrogens with zero attached hydrogens (tertiary/aromatic N) is 3. The zero-order chi connectivity index (χ0) is 16.4. The first-order valence-electron chi connectivity index (χ1n) is 7.19. The summed E-state index contributed by atoms with van der Waals surface area (Å²) < 4.78 is 18.2. The van der Waals surface area contributed by atoms with E-state index in [2.05, 4.69) is 15.3 Å². The largest absolute Gasteiger partial charge is 0.496 e. The summed E-state index contributed by atoms with van der Waals surface area (Å²) in [6.07, 6.45) is 3.89. The third-order valence-electron chi connectivity index (χ3n) is 3.67. The number of H-pyrrole nitrogens is 1. The third kappa shape index (κ3) is 3.07. The first-order chi connectivity index (χ1) is 11.2. The second-order valence-electron chi connectivity index (χ2n) is 5.16. The molecule has 1 aromatic carbocycles. The molecule has 0 atom stereocenters. The van der Waals surface area contributed by atoms with Gasteiger partial charge in [0.05, 0.1) is 33.1 Å². The molecule has 0 spiro atoms. The summed E-state index contributed by atoms with van der Waals surface area (Å²) in [6.45, 7) is 0. The molecule has 2 aromatic rings. The Morgan fingerprint density at radius 3 is 2.39 bits per heavy atom. The highest BCUT2D eigenvalue weighted by Gasteiger charge is 2.29. The molecule has 0 radical (unpaired) electrons. The van der Waals surface area contributed by atoms with Crippen LogP contribution in [0.4, 0.5) is 0 Å². The lowest BCUT2D eigenvalue weighted by Crippen LogP contribution is -2.01. The predicted octanol–water partition coefficient (Wildman–Crippen LogP) is 2.73. The van der Waals surface area contributed by atoms with E-state index < -0.39 is 0 Å². The smallest absolute Gasteiger partial charge is 0.216 e. The molecule has 7 nitrogen and oxygen atoms in total. The van der Waals surface area contributed by atoms with Crippen molar-refractivity contribution < 1.29 is 14.2 Å². The lowest BCUT2D eigenvalue weighted by Gasteiger charge is -2.12. The number of aromatic amines is 1. The predicted molar refractivity (Wildman–Crippen MR) is 88.5 cm³/mol. The Balaban J connectivity index is 2.02. The van der Waals surface area contributed by atoms with Crippen LogP contribution in [0.3, 0.4) is 0 Å². The lowest BCUT2D eigenvalue weighted by molar-refractivity contribution is 0.374. The van der Waals surface area contributed by atoms with E-state index in [-0.39, 0.29) is 0 Å². The van der Waals surface area contributed by atoms with Crippen LogP contribution in [0.15, 0.2) is 17.2 Å². The van der Waals surface area contributed by atoms with Crippen molar-refractivity contribution in [1.29, 1.82) is 0 Å². The second-order valence-corrected chi connectivity index (χ2v) is 5.55. The van der Waals surface area contributed by atoms with Gasteiger partial charge in [-0.3, -0.25) is 5.10 Å². The molecule has 1 aliphatic rings. The molecule has 1 saturated carbocycles. The van der Waals surface area contributed by atoms with Crippen LogP contribution in [0.25, 0.3) is 0 Å². The first-order valence-corrected chi connectivity index (χ1v) is 7.60. The molecule has 0 unspecified atom stereocenters. The molecule has 1 fully saturated rings. The highest BCUT2D eigenvalue weighted by atomic mass is 32.1. The molecule has 23 heavy (non-hydrogen) atoms. The van der Waals surface area contributed by atoms with Crippen LogP contribution in [0.2, 0.25) is 0 Å². The van der Waals surface area contributed by atoms with E-state index >= 15 is 0 Å². The zero-order valence-electron chi connectivity index (χ0n) is 13.2. The highest BCUT2D eigenvalue weighted by Crippen LogP contribution is 2.39. The van der Waals surface area contributed by atoms with Crippen molar-refractivity contribution in [3.63, 3.8) is 0 Å². The van der Waals surface area contributed by atoms with Crippen LogP contribution in [0.1, 0.15) is 30.1 Å². The van der Waals surface area contributed by atoms with E-state index in [0.29, 0.717) is 33.5 Å². The van der Waals surface area contributed by atoms with Crippen molar-refractivity contribution in [2.45, 2.75) is 18.8 Å². The monoisotopic (exact) mass is 334 g/mol. The van der Waals surface area contributed by atoms with E-state index in [0.717, 1.165) is 18.7 Å². The van der Waals surface area contributed by atoms with Gasteiger partial charge in [0, 0.05) is 18.1 Å². The molecule has 0 aliphatic heterocycles. The minimum atomic E-state index is 0.430.